The monoisotopic (exact) mass is 270 g/mol. The van der Waals surface area contributed by atoms with E-state index < -0.39 is 15.9 Å². The predicted molar refractivity (Wildman–Crippen MR) is 69.4 cm³/mol. The van der Waals surface area contributed by atoms with Gasteiger partial charge in [0, 0.05) is 5.92 Å². The van der Waals surface area contributed by atoms with E-state index in [4.69, 9.17) is 4.74 Å². The van der Waals surface area contributed by atoms with Gasteiger partial charge < -0.3 is 9.84 Å². The van der Waals surface area contributed by atoms with Gasteiger partial charge in [-0.05, 0) is 25.5 Å². The fraction of sp³-hybridized carbons (Fsp3) is 0.538. The molecule has 0 spiro atoms. The molecule has 0 aliphatic carbocycles. The Morgan fingerprint density at radius 1 is 1.39 bits per heavy atom. The number of hydrogen-bond donors (Lipinski definition) is 1. The highest BCUT2D eigenvalue weighted by Gasteiger charge is 2.33. The van der Waals surface area contributed by atoms with Crippen LogP contribution in [0.4, 0.5) is 0 Å². The zero-order chi connectivity index (χ0) is 13.2. The normalized spacial score (nSPS) is 23.8. The summed E-state index contributed by atoms with van der Waals surface area (Å²) in [6.45, 7) is 2.13. The Morgan fingerprint density at radius 3 is 2.61 bits per heavy atom. The van der Waals surface area contributed by atoms with Crippen molar-refractivity contribution in [1.29, 1.82) is 0 Å². The summed E-state index contributed by atoms with van der Waals surface area (Å²) in [4.78, 5) is 0. The minimum absolute atomic E-state index is 0.0748. The van der Waals surface area contributed by atoms with Gasteiger partial charge in [0.2, 0.25) is 0 Å². The lowest BCUT2D eigenvalue weighted by molar-refractivity contribution is 0.0661. The van der Waals surface area contributed by atoms with E-state index >= 15 is 0 Å². The zero-order valence-corrected chi connectivity index (χ0v) is 11.2. The Kier molecular flexibility index (Phi) is 3.92. The third-order valence-electron chi connectivity index (χ3n) is 3.25. The summed E-state index contributed by atoms with van der Waals surface area (Å²) in [6, 6.07) is 7.55. The van der Waals surface area contributed by atoms with E-state index in [1.807, 2.05) is 31.2 Å². The minimum atomic E-state index is -2.94. The summed E-state index contributed by atoms with van der Waals surface area (Å²) in [5.74, 6) is 0.756. The molecule has 0 bridgehead atoms. The van der Waals surface area contributed by atoms with Gasteiger partial charge in [0.15, 0.2) is 9.84 Å². The van der Waals surface area contributed by atoms with Crippen LogP contribution in [0.15, 0.2) is 24.3 Å². The van der Waals surface area contributed by atoms with Crippen molar-refractivity contribution in [1.82, 2.24) is 0 Å². The van der Waals surface area contributed by atoms with Crippen LogP contribution in [0.1, 0.15) is 12.0 Å². The van der Waals surface area contributed by atoms with Gasteiger partial charge in [-0.2, -0.15) is 0 Å². The van der Waals surface area contributed by atoms with Crippen LogP contribution < -0.4 is 4.74 Å². The van der Waals surface area contributed by atoms with Gasteiger partial charge in [-0.15, -0.1) is 0 Å². The first-order chi connectivity index (χ1) is 8.46. The molecule has 2 unspecified atom stereocenters. The quantitative estimate of drug-likeness (QED) is 0.892. The number of benzene rings is 1. The molecule has 18 heavy (non-hydrogen) atoms. The number of aliphatic hydroxyl groups excluding tert-OH is 1. The number of ether oxygens (including phenoxy) is 1. The maximum atomic E-state index is 11.3. The molecule has 5 heteroatoms. The van der Waals surface area contributed by atoms with Crippen LogP contribution in [0, 0.1) is 12.8 Å². The first-order valence-corrected chi connectivity index (χ1v) is 7.86. The molecule has 1 fully saturated rings. The number of rotatable bonds is 4. The fourth-order valence-corrected chi connectivity index (χ4v) is 3.95. The van der Waals surface area contributed by atoms with E-state index in [2.05, 4.69) is 0 Å². The molecule has 0 saturated carbocycles. The Morgan fingerprint density at radius 2 is 2.06 bits per heavy atom. The van der Waals surface area contributed by atoms with Crippen LogP contribution in [-0.4, -0.2) is 37.7 Å². The molecule has 1 aromatic carbocycles. The average molecular weight is 270 g/mol. The molecule has 1 N–H and O–H groups in total. The summed E-state index contributed by atoms with van der Waals surface area (Å²) < 4.78 is 28.1. The van der Waals surface area contributed by atoms with Gasteiger partial charge in [-0.1, -0.05) is 17.7 Å². The second-order valence-electron chi connectivity index (χ2n) is 4.85. The van der Waals surface area contributed by atoms with Crippen molar-refractivity contribution in [2.24, 2.45) is 5.92 Å². The molecule has 0 amide bonds. The smallest absolute Gasteiger partial charge is 0.150 e. The van der Waals surface area contributed by atoms with E-state index in [0.717, 1.165) is 5.56 Å². The van der Waals surface area contributed by atoms with E-state index in [9.17, 15) is 13.5 Å². The van der Waals surface area contributed by atoms with Crippen LogP contribution in [-0.2, 0) is 9.84 Å². The van der Waals surface area contributed by atoms with Gasteiger partial charge in [0.05, 0.1) is 17.6 Å². The van der Waals surface area contributed by atoms with Crippen LogP contribution >= 0.6 is 0 Å². The third-order valence-corrected chi connectivity index (χ3v) is 5.05. The molecular weight excluding hydrogens is 252 g/mol. The second kappa shape index (κ2) is 5.28. The highest BCUT2D eigenvalue weighted by atomic mass is 32.2. The summed E-state index contributed by atoms with van der Waals surface area (Å²) in [5, 5.41) is 9.91. The predicted octanol–water partition coefficient (Wildman–Crippen LogP) is 1.17. The van der Waals surface area contributed by atoms with Crippen molar-refractivity contribution in [2.75, 3.05) is 18.1 Å². The van der Waals surface area contributed by atoms with E-state index in [0.29, 0.717) is 12.2 Å². The van der Waals surface area contributed by atoms with E-state index in [1.165, 1.54) is 0 Å². The summed E-state index contributed by atoms with van der Waals surface area (Å²) in [6.07, 6.45) is -0.190. The molecular formula is C13H18O4S. The summed E-state index contributed by atoms with van der Waals surface area (Å²) >= 11 is 0. The van der Waals surface area contributed by atoms with E-state index in [-0.39, 0.29) is 24.0 Å². The first kappa shape index (κ1) is 13.4. The Bertz CT molecular complexity index is 492. The maximum Gasteiger partial charge on any atom is 0.150 e. The van der Waals surface area contributed by atoms with Gasteiger partial charge in [-0.25, -0.2) is 8.42 Å². The molecule has 2 atom stereocenters. The van der Waals surface area contributed by atoms with Crippen molar-refractivity contribution in [2.45, 2.75) is 19.4 Å². The van der Waals surface area contributed by atoms with Gasteiger partial charge in [-0.3, -0.25) is 0 Å². The number of hydrogen-bond acceptors (Lipinski definition) is 4. The van der Waals surface area contributed by atoms with Crippen LogP contribution in [0.25, 0.3) is 0 Å². The third kappa shape index (κ3) is 3.46. The highest BCUT2D eigenvalue weighted by Crippen LogP contribution is 2.22. The fourth-order valence-electron chi connectivity index (χ4n) is 2.08. The molecule has 1 aliphatic rings. The maximum absolute atomic E-state index is 11.3. The number of aryl methyl sites for hydroxylation is 1. The lowest BCUT2D eigenvalue weighted by Gasteiger charge is -2.17. The molecule has 0 radical (unpaired) electrons. The minimum Gasteiger partial charge on any atom is -0.491 e. The Balaban J connectivity index is 1.85. The highest BCUT2D eigenvalue weighted by molar-refractivity contribution is 7.91. The lowest BCUT2D eigenvalue weighted by Crippen LogP contribution is -2.28. The first-order valence-electron chi connectivity index (χ1n) is 6.04. The van der Waals surface area contributed by atoms with Gasteiger partial charge in [0.25, 0.3) is 0 Å². The standard InChI is InChI=1S/C13H18O4S/c1-10-2-4-12(5-3-10)17-8-13(14)11-6-7-18(15,16)9-11/h2-5,11,13-14H,6-9H2,1H3. The average Bonchev–Trinajstić information content (AvgIpc) is 2.69. The van der Waals surface area contributed by atoms with Crippen molar-refractivity contribution < 1.29 is 18.3 Å². The van der Waals surface area contributed by atoms with Gasteiger partial charge in [0.1, 0.15) is 12.4 Å². The molecule has 1 saturated heterocycles. The van der Waals surface area contributed by atoms with Crippen molar-refractivity contribution in [3.8, 4) is 5.75 Å². The molecule has 100 valence electrons. The Hall–Kier alpha value is -1.07. The zero-order valence-electron chi connectivity index (χ0n) is 10.4. The Labute approximate surface area is 108 Å². The van der Waals surface area contributed by atoms with Crippen molar-refractivity contribution in [3.05, 3.63) is 29.8 Å². The van der Waals surface area contributed by atoms with Crippen molar-refractivity contribution in [3.63, 3.8) is 0 Å². The second-order valence-corrected chi connectivity index (χ2v) is 7.08. The van der Waals surface area contributed by atoms with Crippen LogP contribution in [0.3, 0.4) is 0 Å². The molecule has 1 aromatic rings. The molecule has 1 aliphatic heterocycles. The van der Waals surface area contributed by atoms with Gasteiger partial charge >= 0.3 is 0 Å². The number of sulfone groups is 1. The number of aliphatic hydroxyl groups is 1. The van der Waals surface area contributed by atoms with E-state index in [1.54, 1.807) is 0 Å². The molecule has 1 heterocycles. The molecule has 2 rings (SSSR count). The largest absolute Gasteiger partial charge is 0.491 e. The van der Waals surface area contributed by atoms with Crippen LogP contribution in [0.5, 0.6) is 5.75 Å². The summed E-state index contributed by atoms with van der Waals surface area (Å²) in [7, 11) is -2.94. The van der Waals surface area contributed by atoms with Crippen LogP contribution in [0.2, 0.25) is 0 Å². The topological polar surface area (TPSA) is 63.6 Å². The van der Waals surface area contributed by atoms with Crippen molar-refractivity contribution >= 4 is 9.84 Å². The lowest BCUT2D eigenvalue weighted by atomic mass is 10.0. The molecule has 4 nitrogen and oxygen atoms in total. The molecule has 0 aromatic heterocycles. The SMILES string of the molecule is Cc1ccc(OCC(O)C2CCS(=O)(=O)C2)cc1. The summed E-state index contributed by atoms with van der Waals surface area (Å²) in [5.41, 5.74) is 1.14.